The number of carboxylic acids is 1. The predicted molar refractivity (Wildman–Crippen MR) is 153 cm³/mol. The van der Waals surface area contributed by atoms with Crippen molar-refractivity contribution >= 4 is 35.0 Å². The molecule has 6 nitrogen and oxygen atoms in total. The van der Waals surface area contributed by atoms with Crippen molar-refractivity contribution in [2.75, 3.05) is 10.6 Å². The number of amides is 2. The summed E-state index contributed by atoms with van der Waals surface area (Å²) in [6.45, 7) is 8.19. The van der Waals surface area contributed by atoms with E-state index in [-0.39, 0.29) is 16.0 Å². The van der Waals surface area contributed by atoms with Gasteiger partial charge in [0.25, 0.3) is 0 Å². The highest BCUT2D eigenvalue weighted by Crippen LogP contribution is 2.39. The van der Waals surface area contributed by atoms with E-state index in [4.69, 9.17) is 16.3 Å². The van der Waals surface area contributed by atoms with E-state index in [9.17, 15) is 14.7 Å². The molecule has 4 rings (SSSR count). The maximum Gasteiger partial charge on any atom is 0.337 e. The van der Waals surface area contributed by atoms with Crippen molar-refractivity contribution in [1.82, 2.24) is 0 Å². The van der Waals surface area contributed by atoms with Crippen LogP contribution in [0.4, 0.5) is 16.2 Å². The van der Waals surface area contributed by atoms with Gasteiger partial charge in [-0.15, -0.1) is 0 Å². The Morgan fingerprint density at radius 1 is 0.816 bits per heavy atom. The number of benzene rings is 4. The highest BCUT2D eigenvalue weighted by Gasteiger charge is 2.21. The summed E-state index contributed by atoms with van der Waals surface area (Å²) >= 11 is 6.22. The standard InChI is InChI=1S/C31H29ClN2O4/c1-19-10-5-7-14-24(19)33-30(37)34-25-18-20(21-11-9-13-23(32)28(21)29(35)36)16-17-27(25)38-26-15-8-6-12-22(26)31(2,3)4/h5-18H,1-4H3,(H,35,36)(H2,33,34,37). The van der Waals surface area contributed by atoms with Crippen LogP contribution < -0.4 is 15.4 Å². The van der Waals surface area contributed by atoms with E-state index < -0.39 is 12.0 Å². The second-order valence-electron chi connectivity index (χ2n) is 9.92. The Bertz CT molecular complexity index is 1510. The lowest BCUT2D eigenvalue weighted by Gasteiger charge is -2.23. The number of aromatic carboxylic acids is 1. The van der Waals surface area contributed by atoms with Gasteiger partial charge in [-0.2, -0.15) is 0 Å². The number of carbonyl (C=O) groups is 2. The fourth-order valence-electron chi connectivity index (χ4n) is 4.15. The average Bonchev–Trinajstić information content (AvgIpc) is 2.86. The summed E-state index contributed by atoms with van der Waals surface area (Å²) in [4.78, 5) is 25.0. The molecule has 0 saturated carbocycles. The highest BCUT2D eigenvalue weighted by atomic mass is 35.5. The fraction of sp³-hybridized carbons (Fsp3) is 0.161. The van der Waals surface area contributed by atoms with E-state index in [1.54, 1.807) is 30.3 Å². The number of halogens is 1. The molecule has 4 aromatic rings. The summed E-state index contributed by atoms with van der Waals surface area (Å²) in [7, 11) is 0. The first-order valence-electron chi connectivity index (χ1n) is 12.1. The molecule has 0 fully saturated rings. The van der Waals surface area contributed by atoms with Gasteiger partial charge < -0.3 is 20.5 Å². The van der Waals surface area contributed by atoms with Gasteiger partial charge in [-0.05, 0) is 59.4 Å². The van der Waals surface area contributed by atoms with E-state index in [2.05, 4.69) is 31.4 Å². The molecule has 0 aliphatic rings. The van der Waals surface area contributed by atoms with Crippen molar-refractivity contribution in [2.24, 2.45) is 0 Å². The smallest absolute Gasteiger partial charge is 0.337 e. The van der Waals surface area contributed by atoms with Gasteiger partial charge in [-0.1, -0.05) is 87.0 Å². The number of para-hydroxylation sites is 2. The van der Waals surface area contributed by atoms with Crippen LogP contribution in [0, 0.1) is 6.92 Å². The third kappa shape index (κ3) is 5.98. The normalized spacial score (nSPS) is 11.1. The Morgan fingerprint density at radius 2 is 1.50 bits per heavy atom. The Balaban J connectivity index is 1.78. The average molecular weight is 529 g/mol. The van der Waals surface area contributed by atoms with Gasteiger partial charge in [0.15, 0.2) is 5.75 Å². The van der Waals surface area contributed by atoms with Gasteiger partial charge in [-0.25, -0.2) is 9.59 Å². The van der Waals surface area contributed by atoms with Crippen LogP contribution in [0.25, 0.3) is 11.1 Å². The second kappa shape index (κ2) is 11.0. The Hall–Kier alpha value is -4.29. The molecule has 7 heteroatoms. The van der Waals surface area contributed by atoms with E-state index in [1.807, 2.05) is 55.5 Å². The third-order valence-electron chi connectivity index (χ3n) is 6.07. The first-order chi connectivity index (χ1) is 18.0. The van der Waals surface area contributed by atoms with Crippen LogP contribution in [0.2, 0.25) is 5.02 Å². The van der Waals surface area contributed by atoms with Crippen LogP contribution in [-0.4, -0.2) is 17.1 Å². The fourth-order valence-corrected chi connectivity index (χ4v) is 4.40. The maximum absolute atomic E-state index is 13.0. The second-order valence-corrected chi connectivity index (χ2v) is 10.3. The molecule has 3 N–H and O–H groups in total. The summed E-state index contributed by atoms with van der Waals surface area (Å²) in [5, 5.41) is 15.7. The maximum atomic E-state index is 13.0. The van der Waals surface area contributed by atoms with Crippen molar-refractivity contribution in [3.63, 3.8) is 0 Å². The van der Waals surface area contributed by atoms with Gasteiger partial charge in [0.05, 0.1) is 16.3 Å². The van der Waals surface area contributed by atoms with E-state index >= 15 is 0 Å². The topological polar surface area (TPSA) is 87.7 Å². The molecule has 0 unspecified atom stereocenters. The van der Waals surface area contributed by atoms with Crippen LogP contribution in [0.5, 0.6) is 11.5 Å². The molecule has 0 spiro atoms. The number of aryl methyl sites for hydroxylation is 1. The molecule has 0 radical (unpaired) electrons. The zero-order valence-corrected chi connectivity index (χ0v) is 22.4. The van der Waals surface area contributed by atoms with Crippen LogP contribution in [-0.2, 0) is 5.41 Å². The number of carbonyl (C=O) groups excluding carboxylic acids is 1. The molecule has 194 valence electrons. The SMILES string of the molecule is Cc1ccccc1NC(=O)Nc1cc(-c2cccc(Cl)c2C(=O)O)ccc1Oc1ccccc1C(C)(C)C. The molecule has 0 bridgehead atoms. The molecule has 2 amide bonds. The van der Waals surface area contributed by atoms with Crippen molar-refractivity contribution < 1.29 is 19.4 Å². The van der Waals surface area contributed by atoms with E-state index in [0.717, 1.165) is 11.1 Å². The van der Waals surface area contributed by atoms with Crippen molar-refractivity contribution in [3.05, 3.63) is 107 Å². The lowest BCUT2D eigenvalue weighted by Crippen LogP contribution is -2.20. The zero-order chi connectivity index (χ0) is 27.4. The van der Waals surface area contributed by atoms with Crippen molar-refractivity contribution in [3.8, 4) is 22.6 Å². The zero-order valence-electron chi connectivity index (χ0n) is 21.6. The number of nitrogens with one attached hydrogen (secondary N) is 2. The third-order valence-corrected chi connectivity index (χ3v) is 6.39. The number of urea groups is 1. The Kier molecular flexibility index (Phi) is 7.74. The quantitative estimate of drug-likeness (QED) is 0.233. The van der Waals surface area contributed by atoms with E-state index in [0.29, 0.717) is 34.0 Å². The van der Waals surface area contributed by atoms with Crippen LogP contribution >= 0.6 is 11.6 Å². The Labute approximate surface area is 227 Å². The molecule has 0 aliphatic carbocycles. The van der Waals surface area contributed by atoms with Crippen LogP contribution in [0.3, 0.4) is 0 Å². The molecular weight excluding hydrogens is 500 g/mol. The largest absolute Gasteiger partial charge is 0.478 e. The summed E-state index contributed by atoms with van der Waals surface area (Å²) in [5.41, 5.74) is 3.75. The van der Waals surface area contributed by atoms with Crippen LogP contribution in [0.1, 0.15) is 42.3 Å². The van der Waals surface area contributed by atoms with Crippen LogP contribution in [0.15, 0.2) is 84.9 Å². The molecule has 0 atom stereocenters. The minimum absolute atomic E-state index is 0.0174. The van der Waals surface area contributed by atoms with Crippen molar-refractivity contribution in [2.45, 2.75) is 33.1 Å². The number of ether oxygens (including phenoxy) is 1. The minimum Gasteiger partial charge on any atom is -0.478 e. The van der Waals surface area contributed by atoms with Gasteiger partial charge in [0, 0.05) is 11.3 Å². The van der Waals surface area contributed by atoms with Gasteiger partial charge in [0.2, 0.25) is 0 Å². The molecule has 0 aliphatic heterocycles. The van der Waals surface area contributed by atoms with Gasteiger partial charge in [-0.3, -0.25) is 0 Å². The van der Waals surface area contributed by atoms with Gasteiger partial charge >= 0.3 is 12.0 Å². The molecule has 0 heterocycles. The van der Waals surface area contributed by atoms with Crippen molar-refractivity contribution in [1.29, 1.82) is 0 Å². The first-order valence-corrected chi connectivity index (χ1v) is 12.5. The molecule has 38 heavy (non-hydrogen) atoms. The summed E-state index contributed by atoms with van der Waals surface area (Å²) in [6.07, 6.45) is 0. The summed E-state index contributed by atoms with van der Waals surface area (Å²) in [5.74, 6) is -0.0785. The summed E-state index contributed by atoms with van der Waals surface area (Å²) < 4.78 is 6.35. The lowest BCUT2D eigenvalue weighted by molar-refractivity contribution is 0.0698. The number of anilines is 2. The van der Waals surface area contributed by atoms with Gasteiger partial charge in [0.1, 0.15) is 5.75 Å². The summed E-state index contributed by atoms with van der Waals surface area (Å²) in [6, 6.07) is 24.8. The highest BCUT2D eigenvalue weighted by molar-refractivity contribution is 6.34. The molecule has 0 aromatic heterocycles. The number of hydrogen-bond acceptors (Lipinski definition) is 3. The lowest BCUT2D eigenvalue weighted by atomic mass is 9.86. The molecular formula is C31H29ClN2O4. The monoisotopic (exact) mass is 528 g/mol. The number of carboxylic acid groups (broad SMARTS) is 1. The minimum atomic E-state index is -1.14. The van der Waals surface area contributed by atoms with E-state index in [1.165, 1.54) is 6.07 Å². The molecule has 0 saturated heterocycles. The first kappa shape index (κ1) is 26.8. The number of rotatable bonds is 6. The Morgan fingerprint density at radius 3 is 2.21 bits per heavy atom. The predicted octanol–water partition coefficient (Wildman–Crippen LogP) is 8.75. The molecule has 4 aromatic carbocycles. The number of hydrogen-bond donors (Lipinski definition) is 3.